The zero-order valence-corrected chi connectivity index (χ0v) is 11.8. The highest BCUT2D eigenvalue weighted by Crippen LogP contribution is 2.36. The lowest BCUT2D eigenvalue weighted by atomic mass is 10.0. The predicted octanol–water partition coefficient (Wildman–Crippen LogP) is 2.61. The highest BCUT2D eigenvalue weighted by molar-refractivity contribution is 6.00. The summed E-state index contributed by atoms with van der Waals surface area (Å²) >= 11 is 0. The number of nitrogens with zero attached hydrogens (tertiary/aromatic N) is 1. The maximum absolute atomic E-state index is 13.0. The topological polar surface area (TPSA) is 41.6 Å². The summed E-state index contributed by atoms with van der Waals surface area (Å²) in [5, 5.41) is 2.50. The number of halogens is 3. The molecule has 0 saturated carbocycles. The fraction of sp³-hybridized carbons (Fsp3) is 0.500. The van der Waals surface area contributed by atoms with Crippen LogP contribution >= 0.6 is 0 Å². The fourth-order valence-corrected chi connectivity index (χ4v) is 2.41. The van der Waals surface area contributed by atoms with Crippen molar-refractivity contribution in [1.29, 1.82) is 0 Å². The number of hydrogen-bond donors (Lipinski definition) is 1. The molecule has 116 valence electrons. The smallest absolute Gasteiger partial charge is 0.387 e. The Morgan fingerprint density at radius 2 is 2.14 bits per heavy atom. The Morgan fingerprint density at radius 3 is 2.71 bits per heavy atom. The second-order valence-electron chi connectivity index (χ2n) is 4.91. The third-order valence-electron chi connectivity index (χ3n) is 3.38. The monoisotopic (exact) mass is 302 g/mol. The molecule has 1 amide bonds. The van der Waals surface area contributed by atoms with Gasteiger partial charge in [-0.25, -0.2) is 0 Å². The van der Waals surface area contributed by atoms with Crippen molar-refractivity contribution in [2.45, 2.75) is 19.2 Å². The van der Waals surface area contributed by atoms with E-state index in [0.717, 1.165) is 6.07 Å². The van der Waals surface area contributed by atoms with Gasteiger partial charge in [0.05, 0.1) is 29.5 Å². The molecule has 1 aromatic rings. The van der Waals surface area contributed by atoms with Gasteiger partial charge in [-0.1, -0.05) is 6.07 Å². The van der Waals surface area contributed by atoms with Gasteiger partial charge in [0.15, 0.2) is 0 Å². The van der Waals surface area contributed by atoms with E-state index in [9.17, 15) is 18.0 Å². The van der Waals surface area contributed by atoms with Crippen LogP contribution in [0.5, 0.6) is 0 Å². The molecule has 0 aliphatic carbocycles. The number of nitrogens with one attached hydrogen (secondary N) is 1. The minimum Gasteiger partial charge on any atom is -0.387 e. The van der Waals surface area contributed by atoms with Gasteiger partial charge in [-0.3, -0.25) is 4.79 Å². The normalized spacial score (nSPS) is 19.5. The van der Waals surface area contributed by atoms with Crippen molar-refractivity contribution < 1.29 is 22.7 Å². The van der Waals surface area contributed by atoms with Crippen molar-refractivity contribution in [2.24, 2.45) is 0 Å². The van der Waals surface area contributed by atoms with E-state index in [1.807, 2.05) is 6.92 Å². The lowest BCUT2D eigenvalue weighted by Crippen LogP contribution is -2.44. The Morgan fingerprint density at radius 1 is 1.43 bits per heavy atom. The van der Waals surface area contributed by atoms with Crippen LogP contribution in [0.15, 0.2) is 18.2 Å². The van der Waals surface area contributed by atoms with Crippen LogP contribution in [-0.4, -0.2) is 43.7 Å². The van der Waals surface area contributed by atoms with Gasteiger partial charge in [-0.2, -0.15) is 13.2 Å². The average Bonchev–Trinajstić information content (AvgIpc) is 2.44. The molecule has 0 radical (unpaired) electrons. The number of rotatable bonds is 2. The summed E-state index contributed by atoms with van der Waals surface area (Å²) in [4.78, 5) is 14.0. The molecule has 1 aliphatic heterocycles. The van der Waals surface area contributed by atoms with Gasteiger partial charge < -0.3 is 15.0 Å². The molecule has 1 aromatic carbocycles. The standard InChI is InChI=1S/C14H17F3N2O2/c1-9-8-19(6-7-21-9)13(20)10-4-3-5-11(12(10)18-2)14(15,16)17/h3-5,9,18H,6-8H2,1-2H3. The number of alkyl halides is 3. The summed E-state index contributed by atoms with van der Waals surface area (Å²) in [7, 11) is 1.38. The quantitative estimate of drug-likeness (QED) is 0.913. The molecular formula is C14H17F3N2O2. The second-order valence-corrected chi connectivity index (χ2v) is 4.91. The lowest BCUT2D eigenvalue weighted by Gasteiger charge is -2.32. The van der Waals surface area contributed by atoms with E-state index < -0.39 is 17.6 Å². The number of anilines is 1. The molecule has 0 spiro atoms. The van der Waals surface area contributed by atoms with Crippen molar-refractivity contribution >= 4 is 11.6 Å². The van der Waals surface area contributed by atoms with Gasteiger partial charge in [0.2, 0.25) is 0 Å². The van der Waals surface area contributed by atoms with Crippen molar-refractivity contribution in [3.8, 4) is 0 Å². The van der Waals surface area contributed by atoms with Crippen LogP contribution < -0.4 is 5.32 Å². The highest BCUT2D eigenvalue weighted by Gasteiger charge is 2.35. The first-order valence-electron chi connectivity index (χ1n) is 6.63. The summed E-state index contributed by atoms with van der Waals surface area (Å²) in [5.41, 5.74) is -0.993. The molecule has 0 aromatic heterocycles. The molecule has 1 heterocycles. The zero-order valence-electron chi connectivity index (χ0n) is 11.8. The number of ether oxygens (including phenoxy) is 1. The third kappa shape index (κ3) is 3.29. The molecular weight excluding hydrogens is 285 g/mol. The Bertz CT molecular complexity index is 531. The van der Waals surface area contributed by atoms with E-state index in [2.05, 4.69) is 5.32 Å². The van der Waals surface area contributed by atoms with Crippen molar-refractivity contribution in [2.75, 3.05) is 32.1 Å². The van der Waals surface area contributed by atoms with Crippen LogP contribution in [0.1, 0.15) is 22.8 Å². The molecule has 21 heavy (non-hydrogen) atoms. The molecule has 1 fully saturated rings. The molecule has 1 N–H and O–H groups in total. The minimum atomic E-state index is -4.51. The first-order chi connectivity index (χ1) is 9.84. The van der Waals surface area contributed by atoms with E-state index in [-0.39, 0.29) is 17.4 Å². The van der Waals surface area contributed by atoms with E-state index in [0.29, 0.717) is 19.7 Å². The Labute approximate surface area is 120 Å². The van der Waals surface area contributed by atoms with Gasteiger partial charge in [-0.05, 0) is 19.1 Å². The van der Waals surface area contributed by atoms with Crippen LogP contribution in [0.2, 0.25) is 0 Å². The third-order valence-corrected chi connectivity index (χ3v) is 3.38. The molecule has 1 saturated heterocycles. The number of morpholine rings is 1. The summed E-state index contributed by atoms with van der Waals surface area (Å²) < 4.78 is 44.3. The first-order valence-corrected chi connectivity index (χ1v) is 6.63. The van der Waals surface area contributed by atoms with Crippen LogP contribution in [0.4, 0.5) is 18.9 Å². The van der Waals surface area contributed by atoms with E-state index >= 15 is 0 Å². The number of hydrogen-bond acceptors (Lipinski definition) is 3. The highest BCUT2D eigenvalue weighted by atomic mass is 19.4. The second kappa shape index (κ2) is 5.93. The van der Waals surface area contributed by atoms with Crippen molar-refractivity contribution in [3.63, 3.8) is 0 Å². The Balaban J connectivity index is 2.37. The summed E-state index contributed by atoms with van der Waals surface area (Å²) in [5.74, 6) is -0.416. The van der Waals surface area contributed by atoms with Crippen molar-refractivity contribution in [1.82, 2.24) is 4.90 Å². The van der Waals surface area contributed by atoms with Crippen molar-refractivity contribution in [3.05, 3.63) is 29.3 Å². The largest absolute Gasteiger partial charge is 0.418 e. The van der Waals surface area contributed by atoms with Gasteiger partial charge >= 0.3 is 6.18 Å². The maximum atomic E-state index is 13.0. The summed E-state index contributed by atoms with van der Waals surface area (Å²) in [6.07, 6.45) is -4.63. The Kier molecular flexibility index (Phi) is 4.41. The summed E-state index contributed by atoms with van der Waals surface area (Å²) in [6.45, 7) is 2.96. The maximum Gasteiger partial charge on any atom is 0.418 e. The van der Waals surface area contributed by atoms with E-state index in [1.54, 1.807) is 0 Å². The van der Waals surface area contributed by atoms with Crippen LogP contribution in [-0.2, 0) is 10.9 Å². The van der Waals surface area contributed by atoms with Gasteiger partial charge in [0.25, 0.3) is 5.91 Å². The molecule has 7 heteroatoms. The van der Waals surface area contributed by atoms with E-state index in [4.69, 9.17) is 4.74 Å². The van der Waals surface area contributed by atoms with Gasteiger partial charge in [-0.15, -0.1) is 0 Å². The SMILES string of the molecule is CNc1c(C(=O)N2CCOC(C)C2)cccc1C(F)(F)F. The molecule has 1 atom stereocenters. The van der Waals surface area contributed by atoms with Gasteiger partial charge in [0.1, 0.15) is 0 Å². The number of carbonyl (C=O) groups is 1. The average molecular weight is 302 g/mol. The van der Waals surface area contributed by atoms with Gasteiger partial charge in [0, 0.05) is 20.1 Å². The molecule has 1 unspecified atom stereocenters. The number of carbonyl (C=O) groups excluding carboxylic acids is 1. The number of para-hydroxylation sites is 1. The first kappa shape index (κ1) is 15.6. The van der Waals surface area contributed by atoms with Crippen LogP contribution in [0.3, 0.4) is 0 Å². The molecule has 2 rings (SSSR count). The lowest BCUT2D eigenvalue weighted by molar-refractivity contribution is -0.137. The molecule has 4 nitrogen and oxygen atoms in total. The molecule has 0 bridgehead atoms. The number of benzene rings is 1. The van der Waals surface area contributed by atoms with Crippen LogP contribution in [0, 0.1) is 0 Å². The predicted molar refractivity (Wildman–Crippen MR) is 72.3 cm³/mol. The summed E-state index contributed by atoms with van der Waals surface area (Å²) in [6, 6.07) is 3.62. The molecule has 1 aliphatic rings. The minimum absolute atomic E-state index is 0.0291. The Hall–Kier alpha value is -1.76. The fourth-order valence-electron chi connectivity index (χ4n) is 2.41. The zero-order chi connectivity index (χ0) is 15.6. The van der Waals surface area contributed by atoms with Crippen LogP contribution in [0.25, 0.3) is 0 Å². The van der Waals surface area contributed by atoms with E-state index in [1.165, 1.54) is 24.1 Å². The number of amides is 1.